The van der Waals surface area contributed by atoms with Crippen LogP contribution in [0, 0.1) is 0 Å². The third-order valence-corrected chi connectivity index (χ3v) is 3.72. The van der Waals surface area contributed by atoms with Crippen LogP contribution in [-0.2, 0) is 0 Å². The van der Waals surface area contributed by atoms with Crippen molar-refractivity contribution in [2.75, 3.05) is 5.32 Å². The number of carbonyl (C=O) groups excluding carboxylic acids is 1. The molecule has 0 atom stereocenters. The van der Waals surface area contributed by atoms with Gasteiger partial charge in [0.15, 0.2) is 0 Å². The van der Waals surface area contributed by atoms with Crippen LogP contribution in [0.15, 0.2) is 47.7 Å². The maximum Gasteiger partial charge on any atom is 0.258 e. The van der Waals surface area contributed by atoms with Crippen molar-refractivity contribution in [2.24, 2.45) is 5.73 Å². The predicted octanol–water partition coefficient (Wildman–Crippen LogP) is 2.67. The number of rotatable bonds is 1. The Labute approximate surface area is 103 Å². The first kappa shape index (κ1) is 10.1. The first-order valence-electron chi connectivity index (χ1n) is 5.22. The van der Waals surface area contributed by atoms with E-state index in [0.717, 1.165) is 21.8 Å². The number of nitrogens with one attached hydrogen (secondary N) is 1. The van der Waals surface area contributed by atoms with Crippen LogP contribution in [0.2, 0.25) is 0 Å². The highest BCUT2D eigenvalue weighted by atomic mass is 32.1. The van der Waals surface area contributed by atoms with Crippen molar-refractivity contribution in [3.63, 3.8) is 0 Å². The molecule has 1 aliphatic carbocycles. The molecule has 1 amide bonds. The molecule has 0 saturated carbocycles. The van der Waals surface area contributed by atoms with Crippen LogP contribution in [0.25, 0.3) is 6.08 Å². The van der Waals surface area contributed by atoms with Gasteiger partial charge in [-0.25, -0.2) is 0 Å². The van der Waals surface area contributed by atoms with E-state index in [1.807, 2.05) is 36.4 Å². The lowest BCUT2D eigenvalue weighted by atomic mass is 10.1. The quantitative estimate of drug-likeness (QED) is 0.795. The van der Waals surface area contributed by atoms with E-state index in [2.05, 4.69) is 11.4 Å². The Morgan fingerprint density at radius 3 is 3.00 bits per heavy atom. The van der Waals surface area contributed by atoms with E-state index < -0.39 is 0 Å². The molecule has 2 heterocycles. The van der Waals surface area contributed by atoms with Crippen LogP contribution in [0.5, 0.6) is 0 Å². The average molecular weight is 242 g/mol. The van der Waals surface area contributed by atoms with E-state index in [4.69, 9.17) is 5.73 Å². The molecule has 0 fully saturated rings. The number of primary amides is 1. The molecule has 1 aromatic heterocycles. The van der Waals surface area contributed by atoms with E-state index in [9.17, 15) is 4.79 Å². The first-order chi connectivity index (χ1) is 8.24. The van der Waals surface area contributed by atoms with Crippen LogP contribution >= 0.6 is 11.3 Å². The second-order valence-corrected chi connectivity index (χ2v) is 4.86. The fourth-order valence-electron chi connectivity index (χ4n) is 1.82. The van der Waals surface area contributed by atoms with Crippen molar-refractivity contribution in [3.8, 4) is 0 Å². The zero-order valence-electron chi connectivity index (χ0n) is 8.94. The molecule has 0 spiro atoms. The topological polar surface area (TPSA) is 55.1 Å². The van der Waals surface area contributed by atoms with Crippen molar-refractivity contribution in [3.05, 3.63) is 58.2 Å². The zero-order valence-corrected chi connectivity index (χ0v) is 9.75. The summed E-state index contributed by atoms with van der Waals surface area (Å²) in [6, 6.07) is 1.82. The molecule has 1 aliphatic heterocycles. The summed E-state index contributed by atoms with van der Waals surface area (Å²) in [4.78, 5) is 11.7. The Morgan fingerprint density at radius 2 is 2.18 bits per heavy atom. The number of thiophene rings is 1. The number of amides is 1. The SMILES string of the molecule is NC(=O)c1cc2c(s1)NC1=CC=CC=CC1=C2. The van der Waals surface area contributed by atoms with Gasteiger partial charge >= 0.3 is 0 Å². The highest BCUT2D eigenvalue weighted by Gasteiger charge is 2.18. The molecule has 1 aromatic rings. The highest BCUT2D eigenvalue weighted by molar-refractivity contribution is 7.18. The molecule has 84 valence electrons. The molecule has 0 saturated heterocycles. The smallest absolute Gasteiger partial charge is 0.258 e. The Kier molecular flexibility index (Phi) is 2.23. The van der Waals surface area contributed by atoms with Gasteiger partial charge in [-0.2, -0.15) is 0 Å². The van der Waals surface area contributed by atoms with Gasteiger partial charge in [-0.05, 0) is 23.8 Å². The summed E-state index contributed by atoms with van der Waals surface area (Å²) in [6.45, 7) is 0. The van der Waals surface area contributed by atoms with Crippen LogP contribution in [0.1, 0.15) is 15.2 Å². The van der Waals surface area contributed by atoms with E-state index >= 15 is 0 Å². The van der Waals surface area contributed by atoms with Gasteiger partial charge in [0.25, 0.3) is 5.91 Å². The first-order valence-corrected chi connectivity index (χ1v) is 6.03. The Bertz CT molecular complexity index is 617. The Balaban J connectivity index is 2.10. The van der Waals surface area contributed by atoms with E-state index in [0.29, 0.717) is 4.88 Å². The molecule has 2 aliphatic rings. The zero-order chi connectivity index (χ0) is 11.8. The maximum absolute atomic E-state index is 11.1. The minimum atomic E-state index is -0.380. The van der Waals surface area contributed by atoms with Crippen molar-refractivity contribution in [2.45, 2.75) is 0 Å². The molecule has 0 unspecified atom stereocenters. The number of fused-ring (bicyclic) bond motifs is 2. The van der Waals surface area contributed by atoms with Gasteiger partial charge in [0.1, 0.15) is 5.00 Å². The number of nitrogens with two attached hydrogens (primary N) is 1. The minimum Gasteiger partial charge on any atom is -0.365 e. The van der Waals surface area contributed by atoms with Gasteiger partial charge in [0, 0.05) is 11.3 Å². The summed E-state index contributed by atoms with van der Waals surface area (Å²) in [5.41, 5.74) is 8.45. The molecule has 0 bridgehead atoms. The van der Waals surface area contributed by atoms with Crippen LogP contribution in [-0.4, -0.2) is 5.91 Å². The lowest BCUT2D eigenvalue weighted by Crippen LogP contribution is -2.08. The molecular weight excluding hydrogens is 232 g/mol. The molecular formula is C13H10N2OS. The van der Waals surface area contributed by atoms with Gasteiger partial charge in [0.05, 0.1) is 4.88 Å². The number of carbonyl (C=O) groups is 1. The van der Waals surface area contributed by atoms with Crippen molar-refractivity contribution in [1.82, 2.24) is 0 Å². The summed E-state index contributed by atoms with van der Waals surface area (Å²) in [7, 11) is 0. The van der Waals surface area contributed by atoms with Crippen molar-refractivity contribution < 1.29 is 4.79 Å². The monoisotopic (exact) mass is 242 g/mol. The molecule has 3 N–H and O–H groups in total. The lowest BCUT2D eigenvalue weighted by Gasteiger charge is -2.15. The molecule has 17 heavy (non-hydrogen) atoms. The average Bonchev–Trinajstić information content (AvgIpc) is 2.58. The van der Waals surface area contributed by atoms with Crippen LogP contribution in [0.3, 0.4) is 0 Å². The molecule has 3 nitrogen and oxygen atoms in total. The molecule has 3 rings (SSSR count). The van der Waals surface area contributed by atoms with Crippen LogP contribution in [0.4, 0.5) is 5.00 Å². The maximum atomic E-state index is 11.1. The van der Waals surface area contributed by atoms with Gasteiger partial charge in [-0.15, -0.1) is 11.3 Å². The van der Waals surface area contributed by atoms with Gasteiger partial charge < -0.3 is 11.1 Å². The fourth-order valence-corrected chi connectivity index (χ4v) is 2.73. The summed E-state index contributed by atoms with van der Waals surface area (Å²) < 4.78 is 0. The fraction of sp³-hybridized carbons (Fsp3) is 0. The normalized spacial score (nSPS) is 16.2. The van der Waals surface area contributed by atoms with Gasteiger partial charge in [0.2, 0.25) is 0 Å². The standard InChI is InChI=1S/C13H10N2OS/c14-12(16)11-7-9-6-8-4-2-1-3-5-10(8)15-13(9)17-11/h1-7,15H,(H2,14,16). The van der Waals surface area contributed by atoms with Crippen molar-refractivity contribution in [1.29, 1.82) is 0 Å². The number of hydrogen-bond donors (Lipinski definition) is 2. The van der Waals surface area contributed by atoms with Crippen molar-refractivity contribution >= 4 is 28.3 Å². The number of hydrogen-bond acceptors (Lipinski definition) is 3. The summed E-state index contributed by atoms with van der Waals surface area (Å²) in [6.07, 6.45) is 12.1. The Hall–Kier alpha value is -2.07. The molecule has 4 heteroatoms. The largest absolute Gasteiger partial charge is 0.365 e. The number of anilines is 1. The second-order valence-electron chi connectivity index (χ2n) is 3.81. The predicted molar refractivity (Wildman–Crippen MR) is 70.8 cm³/mol. The summed E-state index contributed by atoms with van der Waals surface area (Å²) in [5.74, 6) is -0.380. The van der Waals surface area contributed by atoms with Gasteiger partial charge in [-0.1, -0.05) is 24.3 Å². The summed E-state index contributed by atoms with van der Waals surface area (Å²) >= 11 is 1.39. The second kappa shape index (κ2) is 3.75. The molecule has 0 aromatic carbocycles. The lowest BCUT2D eigenvalue weighted by molar-refractivity contribution is 0.100. The van der Waals surface area contributed by atoms with E-state index in [-0.39, 0.29) is 5.91 Å². The Morgan fingerprint density at radius 1 is 1.29 bits per heavy atom. The van der Waals surface area contributed by atoms with Crippen LogP contribution < -0.4 is 11.1 Å². The van der Waals surface area contributed by atoms with E-state index in [1.165, 1.54) is 11.3 Å². The third kappa shape index (κ3) is 1.72. The third-order valence-electron chi connectivity index (χ3n) is 2.63. The van der Waals surface area contributed by atoms with Gasteiger partial charge in [-0.3, -0.25) is 4.79 Å². The minimum absolute atomic E-state index is 0.380. The highest BCUT2D eigenvalue weighted by Crippen LogP contribution is 2.36. The molecule has 0 radical (unpaired) electrons. The van der Waals surface area contributed by atoms with E-state index in [1.54, 1.807) is 0 Å². The summed E-state index contributed by atoms with van der Waals surface area (Å²) in [5, 5.41) is 4.29. The number of allylic oxidation sites excluding steroid dienone is 5.